The lowest BCUT2D eigenvalue weighted by molar-refractivity contribution is 0.484. The van der Waals surface area contributed by atoms with Gasteiger partial charge in [-0.15, -0.1) is 0 Å². The van der Waals surface area contributed by atoms with E-state index in [9.17, 15) is 0 Å². The first-order valence-corrected chi connectivity index (χ1v) is 10.2. The third-order valence-electron chi connectivity index (χ3n) is 3.89. The summed E-state index contributed by atoms with van der Waals surface area (Å²) in [5.41, 5.74) is 1.26. The van der Waals surface area contributed by atoms with Crippen LogP contribution in [0, 0.1) is 0 Å². The fraction of sp³-hybridized carbons (Fsp3) is 0.625. The summed E-state index contributed by atoms with van der Waals surface area (Å²) in [6.45, 7) is 15.5. The van der Waals surface area contributed by atoms with Crippen molar-refractivity contribution >= 4 is 8.32 Å². The standard InChI is InChI=1S/C16H29NOSi/c1-7-12-17-13-14-10-8-9-11-15(14)18-19(5,6)16(2,3)4/h8-11,17H,7,12-13H2,1-6H3. The van der Waals surface area contributed by atoms with Crippen molar-refractivity contribution < 1.29 is 4.43 Å². The summed E-state index contributed by atoms with van der Waals surface area (Å²) in [4.78, 5) is 0. The van der Waals surface area contributed by atoms with Crippen molar-refractivity contribution in [3.63, 3.8) is 0 Å². The van der Waals surface area contributed by atoms with E-state index in [1.54, 1.807) is 0 Å². The molecular formula is C16H29NOSi. The molecule has 1 N–H and O–H groups in total. The summed E-state index contributed by atoms with van der Waals surface area (Å²) in [6, 6.07) is 8.40. The maximum atomic E-state index is 6.43. The second kappa shape index (κ2) is 6.57. The van der Waals surface area contributed by atoms with Gasteiger partial charge in [0.25, 0.3) is 0 Å². The normalized spacial score (nSPS) is 12.5. The molecule has 0 aliphatic carbocycles. The van der Waals surface area contributed by atoms with Crippen molar-refractivity contribution in [1.82, 2.24) is 5.32 Å². The van der Waals surface area contributed by atoms with Gasteiger partial charge in [0, 0.05) is 12.1 Å². The average molecular weight is 280 g/mol. The molecule has 2 nitrogen and oxygen atoms in total. The first-order valence-electron chi connectivity index (χ1n) is 7.25. The number of rotatable bonds is 6. The predicted octanol–water partition coefficient (Wildman–Crippen LogP) is 4.57. The zero-order valence-corrected chi connectivity index (χ0v) is 14.3. The molecule has 0 aromatic heterocycles. The Labute approximate surface area is 119 Å². The fourth-order valence-electron chi connectivity index (χ4n) is 1.58. The van der Waals surface area contributed by atoms with Gasteiger partial charge in [0.1, 0.15) is 5.75 Å². The van der Waals surface area contributed by atoms with Crippen molar-refractivity contribution in [2.75, 3.05) is 6.54 Å². The van der Waals surface area contributed by atoms with E-state index in [0.29, 0.717) is 0 Å². The van der Waals surface area contributed by atoms with Crippen LogP contribution in [0.25, 0.3) is 0 Å². The Morgan fingerprint density at radius 1 is 1.16 bits per heavy atom. The Bertz CT molecular complexity index is 396. The van der Waals surface area contributed by atoms with Crippen LogP contribution in [0.2, 0.25) is 18.1 Å². The minimum absolute atomic E-state index is 0.233. The van der Waals surface area contributed by atoms with Crippen LogP contribution in [0.15, 0.2) is 24.3 Å². The Balaban J connectivity index is 2.83. The third-order valence-corrected chi connectivity index (χ3v) is 8.23. The van der Waals surface area contributed by atoms with Crippen molar-refractivity contribution in [3.8, 4) is 5.75 Å². The van der Waals surface area contributed by atoms with Gasteiger partial charge >= 0.3 is 0 Å². The minimum atomic E-state index is -1.75. The lowest BCUT2D eigenvalue weighted by Gasteiger charge is -2.37. The van der Waals surface area contributed by atoms with Crippen LogP contribution in [0.1, 0.15) is 39.7 Å². The van der Waals surface area contributed by atoms with Crippen LogP contribution in [0.5, 0.6) is 5.75 Å². The van der Waals surface area contributed by atoms with E-state index in [2.05, 4.69) is 70.4 Å². The van der Waals surface area contributed by atoms with E-state index in [0.717, 1.165) is 25.3 Å². The van der Waals surface area contributed by atoms with Gasteiger partial charge < -0.3 is 9.74 Å². The number of benzene rings is 1. The Morgan fingerprint density at radius 3 is 2.37 bits per heavy atom. The van der Waals surface area contributed by atoms with Gasteiger partial charge in [-0.2, -0.15) is 0 Å². The highest BCUT2D eigenvalue weighted by Gasteiger charge is 2.39. The molecule has 1 aromatic carbocycles. The van der Waals surface area contributed by atoms with Gasteiger partial charge in [-0.05, 0) is 37.2 Å². The number of hydrogen-bond acceptors (Lipinski definition) is 2. The highest BCUT2D eigenvalue weighted by atomic mass is 28.4. The quantitative estimate of drug-likeness (QED) is 0.608. The maximum Gasteiger partial charge on any atom is 0.250 e. The number of para-hydroxylation sites is 1. The molecule has 0 unspecified atom stereocenters. The topological polar surface area (TPSA) is 21.3 Å². The molecule has 1 aromatic rings. The van der Waals surface area contributed by atoms with Crippen molar-refractivity contribution in [2.45, 2.75) is 58.8 Å². The van der Waals surface area contributed by atoms with Gasteiger partial charge in [-0.3, -0.25) is 0 Å². The molecule has 0 saturated heterocycles. The Kier molecular flexibility index (Phi) is 5.62. The first-order chi connectivity index (χ1) is 8.78. The summed E-state index contributed by atoms with van der Waals surface area (Å²) in [6.07, 6.45) is 1.16. The van der Waals surface area contributed by atoms with Crippen molar-refractivity contribution in [3.05, 3.63) is 29.8 Å². The van der Waals surface area contributed by atoms with Gasteiger partial charge in [0.15, 0.2) is 0 Å². The molecule has 1 rings (SSSR count). The van der Waals surface area contributed by atoms with Crippen LogP contribution in [-0.4, -0.2) is 14.9 Å². The molecule has 0 atom stereocenters. The molecule has 0 aliphatic rings. The molecular weight excluding hydrogens is 250 g/mol. The summed E-state index contributed by atoms with van der Waals surface area (Å²) in [5, 5.41) is 3.68. The zero-order chi connectivity index (χ0) is 14.5. The zero-order valence-electron chi connectivity index (χ0n) is 13.3. The minimum Gasteiger partial charge on any atom is -0.543 e. The Hall–Kier alpha value is -0.803. The molecule has 0 radical (unpaired) electrons. The number of nitrogens with one attached hydrogen (secondary N) is 1. The summed E-state index contributed by atoms with van der Waals surface area (Å²) >= 11 is 0. The number of hydrogen-bond donors (Lipinski definition) is 1. The summed E-state index contributed by atoms with van der Waals surface area (Å²) < 4.78 is 6.43. The van der Waals surface area contributed by atoms with E-state index in [1.807, 2.05) is 0 Å². The monoisotopic (exact) mass is 279 g/mol. The second-order valence-corrected chi connectivity index (χ2v) is 11.4. The van der Waals surface area contributed by atoms with E-state index in [1.165, 1.54) is 5.56 Å². The molecule has 0 spiro atoms. The van der Waals surface area contributed by atoms with Gasteiger partial charge in [0.2, 0.25) is 8.32 Å². The van der Waals surface area contributed by atoms with Crippen LogP contribution < -0.4 is 9.74 Å². The molecule has 19 heavy (non-hydrogen) atoms. The Morgan fingerprint density at radius 2 is 1.79 bits per heavy atom. The lowest BCUT2D eigenvalue weighted by Crippen LogP contribution is -2.44. The molecule has 0 amide bonds. The molecule has 0 fully saturated rings. The van der Waals surface area contributed by atoms with Crippen molar-refractivity contribution in [1.29, 1.82) is 0 Å². The van der Waals surface area contributed by atoms with Gasteiger partial charge in [-0.1, -0.05) is 45.9 Å². The highest BCUT2D eigenvalue weighted by molar-refractivity contribution is 6.74. The SMILES string of the molecule is CCCNCc1ccccc1O[Si](C)(C)C(C)(C)C. The molecule has 108 valence electrons. The molecule has 0 bridgehead atoms. The second-order valence-electron chi connectivity index (χ2n) is 6.65. The van der Waals surface area contributed by atoms with Crippen LogP contribution in [-0.2, 0) is 6.54 Å². The molecule has 0 heterocycles. The van der Waals surface area contributed by atoms with Crippen molar-refractivity contribution in [2.24, 2.45) is 0 Å². The maximum absolute atomic E-state index is 6.43. The third kappa shape index (κ3) is 4.66. The predicted molar refractivity (Wildman–Crippen MR) is 86.3 cm³/mol. The van der Waals surface area contributed by atoms with E-state index >= 15 is 0 Å². The smallest absolute Gasteiger partial charge is 0.250 e. The molecule has 0 saturated carbocycles. The van der Waals surface area contributed by atoms with Gasteiger partial charge in [-0.25, -0.2) is 0 Å². The first kappa shape index (κ1) is 16.3. The van der Waals surface area contributed by atoms with Crippen LogP contribution >= 0.6 is 0 Å². The van der Waals surface area contributed by atoms with Crippen LogP contribution in [0.3, 0.4) is 0 Å². The lowest BCUT2D eigenvalue weighted by atomic mass is 10.2. The van der Waals surface area contributed by atoms with E-state index in [-0.39, 0.29) is 5.04 Å². The van der Waals surface area contributed by atoms with E-state index < -0.39 is 8.32 Å². The average Bonchev–Trinajstić information content (AvgIpc) is 2.30. The van der Waals surface area contributed by atoms with Gasteiger partial charge in [0.05, 0.1) is 0 Å². The summed E-state index contributed by atoms with van der Waals surface area (Å²) in [5.74, 6) is 1.05. The molecule has 3 heteroatoms. The molecule has 0 aliphatic heterocycles. The fourth-order valence-corrected chi connectivity index (χ4v) is 2.63. The summed E-state index contributed by atoms with van der Waals surface area (Å²) in [7, 11) is -1.75. The highest BCUT2D eigenvalue weighted by Crippen LogP contribution is 2.38. The largest absolute Gasteiger partial charge is 0.543 e. The van der Waals surface area contributed by atoms with E-state index in [4.69, 9.17) is 4.43 Å². The van der Waals surface area contributed by atoms with Crippen LogP contribution in [0.4, 0.5) is 0 Å².